The first-order chi connectivity index (χ1) is 12.8. The highest BCUT2D eigenvalue weighted by Gasteiger charge is 2.36. The summed E-state index contributed by atoms with van der Waals surface area (Å²) in [6.07, 6.45) is 4.49. The number of hydrogen-bond donors (Lipinski definition) is 2. The SMILES string of the molecule is COc1c2c(cc3c1[C@H](C#C[C@@](C)(O)CCC=C(C)C)[NH+](C)CC3)OCO2. The Balaban J connectivity index is 1.93. The molecule has 0 radical (unpaired) electrons. The van der Waals surface area contributed by atoms with Crippen LogP contribution in [-0.4, -0.2) is 38.2 Å². The number of allylic oxidation sites excluding steroid dienone is 2. The molecule has 3 rings (SSSR count). The van der Waals surface area contributed by atoms with Crippen molar-refractivity contribution >= 4 is 0 Å². The van der Waals surface area contributed by atoms with Crippen LogP contribution in [0.4, 0.5) is 0 Å². The molecule has 2 heterocycles. The quantitative estimate of drug-likeness (QED) is 0.627. The summed E-state index contributed by atoms with van der Waals surface area (Å²) in [6.45, 7) is 7.10. The lowest BCUT2D eigenvalue weighted by Crippen LogP contribution is -3.10. The Hall–Kier alpha value is -2.16. The Kier molecular flexibility index (Phi) is 5.69. The second-order valence-corrected chi connectivity index (χ2v) is 7.86. The predicted molar refractivity (Wildman–Crippen MR) is 104 cm³/mol. The molecule has 0 spiro atoms. The second-order valence-electron chi connectivity index (χ2n) is 7.86. The van der Waals surface area contributed by atoms with E-state index in [0.717, 1.165) is 30.7 Å². The van der Waals surface area contributed by atoms with E-state index in [2.05, 4.69) is 38.8 Å². The number of nitrogens with one attached hydrogen (secondary N) is 1. The number of hydrogen-bond acceptors (Lipinski definition) is 4. The van der Waals surface area contributed by atoms with Gasteiger partial charge in [-0.1, -0.05) is 17.6 Å². The van der Waals surface area contributed by atoms with Crippen molar-refractivity contribution in [3.63, 3.8) is 0 Å². The second kappa shape index (κ2) is 7.84. The van der Waals surface area contributed by atoms with Crippen LogP contribution in [0.1, 0.15) is 50.8 Å². The summed E-state index contributed by atoms with van der Waals surface area (Å²) in [6, 6.07) is 1.97. The molecule has 5 heteroatoms. The molecule has 0 amide bonds. The van der Waals surface area contributed by atoms with Gasteiger partial charge in [0.2, 0.25) is 12.5 Å². The lowest BCUT2D eigenvalue weighted by Gasteiger charge is -2.30. The van der Waals surface area contributed by atoms with E-state index in [1.807, 2.05) is 6.07 Å². The summed E-state index contributed by atoms with van der Waals surface area (Å²) in [4.78, 5) is 1.28. The zero-order valence-electron chi connectivity index (χ0n) is 16.9. The highest BCUT2D eigenvalue weighted by Crippen LogP contribution is 2.47. The Morgan fingerprint density at radius 3 is 2.93 bits per heavy atom. The van der Waals surface area contributed by atoms with Crippen molar-refractivity contribution in [2.24, 2.45) is 0 Å². The molecule has 27 heavy (non-hydrogen) atoms. The van der Waals surface area contributed by atoms with Crippen molar-refractivity contribution in [2.45, 2.75) is 51.7 Å². The minimum absolute atomic E-state index is 0.0758. The zero-order valence-corrected chi connectivity index (χ0v) is 16.9. The topological polar surface area (TPSA) is 52.4 Å². The summed E-state index contributed by atoms with van der Waals surface area (Å²) >= 11 is 0. The van der Waals surface area contributed by atoms with E-state index in [-0.39, 0.29) is 12.8 Å². The van der Waals surface area contributed by atoms with Crippen LogP contribution in [0.2, 0.25) is 0 Å². The molecule has 0 bridgehead atoms. The van der Waals surface area contributed by atoms with E-state index in [1.54, 1.807) is 14.0 Å². The van der Waals surface area contributed by atoms with E-state index < -0.39 is 5.60 Å². The normalized spacial score (nSPS) is 22.1. The van der Waals surface area contributed by atoms with Crippen LogP contribution in [0.3, 0.4) is 0 Å². The molecule has 146 valence electrons. The Morgan fingerprint density at radius 2 is 2.22 bits per heavy atom. The van der Waals surface area contributed by atoms with E-state index in [1.165, 1.54) is 16.0 Å². The molecule has 0 saturated carbocycles. The third kappa shape index (κ3) is 4.23. The van der Waals surface area contributed by atoms with Crippen molar-refractivity contribution in [3.8, 4) is 29.1 Å². The lowest BCUT2D eigenvalue weighted by molar-refractivity contribution is -0.905. The Bertz CT molecular complexity index is 797. The lowest BCUT2D eigenvalue weighted by atomic mass is 9.90. The van der Waals surface area contributed by atoms with Gasteiger partial charge in [0.1, 0.15) is 5.60 Å². The molecule has 0 fully saturated rings. The molecule has 5 nitrogen and oxygen atoms in total. The van der Waals surface area contributed by atoms with Crippen LogP contribution in [0, 0.1) is 11.8 Å². The highest BCUT2D eigenvalue weighted by molar-refractivity contribution is 5.62. The highest BCUT2D eigenvalue weighted by atomic mass is 16.7. The molecule has 2 N–H and O–H groups in total. The summed E-state index contributed by atoms with van der Waals surface area (Å²) < 4.78 is 16.9. The molecule has 0 aliphatic carbocycles. The summed E-state index contributed by atoms with van der Waals surface area (Å²) in [7, 11) is 3.78. The van der Waals surface area contributed by atoms with Crippen LogP contribution >= 0.6 is 0 Å². The fraction of sp³-hybridized carbons (Fsp3) is 0.545. The molecular weight excluding hydrogens is 342 g/mol. The van der Waals surface area contributed by atoms with E-state index in [4.69, 9.17) is 14.2 Å². The van der Waals surface area contributed by atoms with Gasteiger partial charge in [-0.3, -0.25) is 0 Å². The largest absolute Gasteiger partial charge is 0.492 e. The fourth-order valence-corrected chi connectivity index (χ4v) is 3.65. The van der Waals surface area contributed by atoms with Gasteiger partial charge >= 0.3 is 0 Å². The number of rotatable bonds is 4. The van der Waals surface area contributed by atoms with Crippen LogP contribution in [0.15, 0.2) is 17.7 Å². The van der Waals surface area contributed by atoms with Gasteiger partial charge in [0.25, 0.3) is 0 Å². The van der Waals surface area contributed by atoms with E-state index >= 15 is 0 Å². The fourth-order valence-electron chi connectivity index (χ4n) is 3.65. The van der Waals surface area contributed by atoms with Gasteiger partial charge < -0.3 is 24.2 Å². The molecule has 0 saturated heterocycles. The molecule has 1 aromatic rings. The zero-order chi connectivity index (χ0) is 19.6. The van der Waals surface area contributed by atoms with Gasteiger partial charge in [0.05, 0.1) is 26.3 Å². The first kappa shape index (κ1) is 19.6. The molecule has 2 aliphatic heterocycles. The molecule has 1 aromatic carbocycles. The van der Waals surface area contributed by atoms with Crippen molar-refractivity contribution in [1.29, 1.82) is 0 Å². The van der Waals surface area contributed by atoms with E-state index in [0.29, 0.717) is 17.9 Å². The van der Waals surface area contributed by atoms with Crippen LogP contribution in [0.5, 0.6) is 17.2 Å². The molecule has 2 aliphatic rings. The van der Waals surface area contributed by atoms with Gasteiger partial charge in [-0.05, 0) is 51.2 Å². The van der Waals surface area contributed by atoms with Gasteiger partial charge in [-0.25, -0.2) is 0 Å². The standard InChI is InChI=1S/C22H29NO4/c1-15(2)7-6-10-22(3,24)11-8-17-19-16(9-12-23(17)4)13-18-20(21(19)25-5)27-14-26-18/h7,13,17,24H,6,9-10,12,14H2,1-5H3/p+1/t17-,22-/m0/s1. The maximum Gasteiger partial charge on any atom is 0.231 e. The molecule has 1 unspecified atom stereocenters. The summed E-state index contributed by atoms with van der Waals surface area (Å²) in [5.41, 5.74) is 2.47. The summed E-state index contributed by atoms with van der Waals surface area (Å²) in [5.74, 6) is 8.57. The van der Waals surface area contributed by atoms with Crippen LogP contribution in [0.25, 0.3) is 0 Å². The van der Waals surface area contributed by atoms with Gasteiger partial charge in [0.15, 0.2) is 17.5 Å². The van der Waals surface area contributed by atoms with Crippen molar-refractivity contribution < 1.29 is 24.2 Å². The number of quaternary nitrogens is 1. The average Bonchev–Trinajstić information content (AvgIpc) is 3.06. The summed E-state index contributed by atoms with van der Waals surface area (Å²) in [5, 5.41) is 10.7. The number of likely N-dealkylation sites (N-methyl/N-ethyl adjacent to an activating group) is 1. The van der Waals surface area contributed by atoms with Crippen LogP contribution in [-0.2, 0) is 6.42 Å². The average molecular weight is 372 g/mol. The number of ether oxygens (including phenoxy) is 3. The predicted octanol–water partition coefficient (Wildman–Crippen LogP) is 2.04. The smallest absolute Gasteiger partial charge is 0.231 e. The van der Waals surface area contributed by atoms with E-state index in [9.17, 15) is 5.11 Å². The van der Waals surface area contributed by atoms with Crippen LogP contribution < -0.4 is 19.1 Å². The van der Waals surface area contributed by atoms with Gasteiger partial charge in [-0.15, -0.1) is 0 Å². The first-order valence-electron chi connectivity index (χ1n) is 9.52. The van der Waals surface area contributed by atoms with Crippen molar-refractivity contribution in [3.05, 3.63) is 28.8 Å². The van der Waals surface area contributed by atoms with Gasteiger partial charge in [0, 0.05) is 6.42 Å². The molecule has 3 atom stereocenters. The number of methoxy groups -OCH3 is 1. The number of benzene rings is 1. The van der Waals surface area contributed by atoms with Crippen molar-refractivity contribution in [2.75, 3.05) is 27.5 Å². The maximum absolute atomic E-state index is 10.7. The van der Waals surface area contributed by atoms with Gasteiger partial charge in [-0.2, -0.15) is 0 Å². The first-order valence-corrected chi connectivity index (χ1v) is 9.52. The number of fused-ring (bicyclic) bond motifs is 2. The maximum atomic E-state index is 10.7. The monoisotopic (exact) mass is 372 g/mol. The molecular formula is C22H30NO4+. The third-order valence-electron chi connectivity index (χ3n) is 5.19. The Morgan fingerprint density at radius 1 is 1.44 bits per heavy atom. The minimum Gasteiger partial charge on any atom is -0.492 e. The Labute approximate surface area is 161 Å². The molecule has 0 aromatic heterocycles. The number of aliphatic hydroxyl groups is 1. The minimum atomic E-state index is -1.02. The van der Waals surface area contributed by atoms with Crippen molar-refractivity contribution in [1.82, 2.24) is 0 Å². The third-order valence-corrected chi connectivity index (χ3v) is 5.19.